The molecule has 4 unspecified atom stereocenters. The number of hydrogen-bond acceptors (Lipinski definition) is 4. The SMILES string of the molecule is COCC(CO)NC(=O)C1CC2CCC1N2. The minimum Gasteiger partial charge on any atom is -0.394 e. The van der Waals surface area contributed by atoms with E-state index >= 15 is 0 Å². The lowest BCUT2D eigenvalue weighted by atomic mass is 9.88. The third-order valence-electron chi connectivity index (χ3n) is 3.57. The molecule has 0 aromatic carbocycles. The van der Waals surface area contributed by atoms with E-state index < -0.39 is 0 Å². The van der Waals surface area contributed by atoms with Gasteiger partial charge in [0.15, 0.2) is 0 Å². The molecule has 2 heterocycles. The first-order valence-electron chi connectivity index (χ1n) is 5.90. The summed E-state index contributed by atoms with van der Waals surface area (Å²) in [5.41, 5.74) is 0. The Labute approximate surface area is 95.5 Å². The zero-order valence-corrected chi connectivity index (χ0v) is 9.61. The summed E-state index contributed by atoms with van der Waals surface area (Å²) in [5, 5.41) is 15.3. The predicted octanol–water partition coefficient (Wildman–Crippen LogP) is -0.750. The van der Waals surface area contributed by atoms with E-state index in [9.17, 15) is 4.79 Å². The number of nitrogens with one attached hydrogen (secondary N) is 2. The summed E-state index contributed by atoms with van der Waals surface area (Å²) in [6.45, 7) is 0.282. The highest BCUT2D eigenvalue weighted by molar-refractivity contribution is 5.80. The molecule has 2 fully saturated rings. The van der Waals surface area contributed by atoms with Gasteiger partial charge in [-0.25, -0.2) is 0 Å². The standard InChI is InChI=1S/C11H20N2O3/c1-16-6-8(5-14)13-11(15)9-4-7-2-3-10(9)12-7/h7-10,12,14H,2-6H2,1H3,(H,13,15). The summed E-state index contributed by atoms with van der Waals surface area (Å²) < 4.78 is 4.93. The van der Waals surface area contributed by atoms with Crippen molar-refractivity contribution in [3.63, 3.8) is 0 Å². The Morgan fingerprint density at radius 2 is 2.44 bits per heavy atom. The van der Waals surface area contributed by atoms with E-state index in [4.69, 9.17) is 9.84 Å². The smallest absolute Gasteiger partial charge is 0.225 e. The van der Waals surface area contributed by atoms with Crippen molar-refractivity contribution >= 4 is 5.91 Å². The molecule has 0 aliphatic carbocycles. The van der Waals surface area contributed by atoms with Gasteiger partial charge in [0.25, 0.3) is 0 Å². The Kier molecular flexibility index (Phi) is 3.78. The fourth-order valence-electron chi connectivity index (χ4n) is 2.76. The van der Waals surface area contributed by atoms with Crippen molar-refractivity contribution in [2.24, 2.45) is 5.92 Å². The molecule has 0 aromatic rings. The van der Waals surface area contributed by atoms with Crippen molar-refractivity contribution in [3.05, 3.63) is 0 Å². The molecule has 0 saturated carbocycles. The van der Waals surface area contributed by atoms with Crippen LogP contribution in [0.4, 0.5) is 0 Å². The van der Waals surface area contributed by atoms with Crippen LogP contribution in [0.5, 0.6) is 0 Å². The van der Waals surface area contributed by atoms with E-state index in [-0.39, 0.29) is 24.5 Å². The maximum absolute atomic E-state index is 12.0. The van der Waals surface area contributed by atoms with E-state index in [1.807, 2.05) is 0 Å². The number of carbonyl (C=O) groups is 1. The van der Waals surface area contributed by atoms with Crippen LogP contribution in [0.3, 0.4) is 0 Å². The molecule has 2 aliphatic heterocycles. The van der Waals surface area contributed by atoms with Crippen molar-refractivity contribution in [1.82, 2.24) is 10.6 Å². The van der Waals surface area contributed by atoms with E-state index in [1.165, 1.54) is 6.42 Å². The Hall–Kier alpha value is -0.650. The monoisotopic (exact) mass is 228 g/mol. The number of aliphatic hydroxyl groups excluding tert-OH is 1. The third-order valence-corrected chi connectivity index (χ3v) is 3.57. The fraction of sp³-hybridized carbons (Fsp3) is 0.909. The van der Waals surface area contributed by atoms with Crippen LogP contribution in [0.2, 0.25) is 0 Å². The van der Waals surface area contributed by atoms with Crippen molar-refractivity contribution in [3.8, 4) is 0 Å². The largest absolute Gasteiger partial charge is 0.394 e. The summed E-state index contributed by atoms with van der Waals surface area (Å²) in [7, 11) is 1.56. The van der Waals surface area contributed by atoms with Gasteiger partial charge in [-0.2, -0.15) is 0 Å². The minimum absolute atomic E-state index is 0.0517. The molecular formula is C11H20N2O3. The first-order chi connectivity index (χ1) is 7.74. The van der Waals surface area contributed by atoms with Gasteiger partial charge in [0, 0.05) is 19.2 Å². The summed E-state index contributed by atoms with van der Waals surface area (Å²) in [5.74, 6) is 0.125. The Bertz CT molecular complexity index is 260. The van der Waals surface area contributed by atoms with E-state index in [0.29, 0.717) is 18.7 Å². The molecule has 2 rings (SSSR count). The number of carbonyl (C=O) groups excluding carboxylic acids is 1. The van der Waals surface area contributed by atoms with E-state index in [1.54, 1.807) is 7.11 Å². The van der Waals surface area contributed by atoms with Gasteiger partial charge >= 0.3 is 0 Å². The number of aliphatic hydroxyl groups is 1. The number of methoxy groups -OCH3 is 1. The summed E-state index contributed by atoms with van der Waals surface area (Å²) >= 11 is 0. The molecule has 0 radical (unpaired) electrons. The number of rotatable bonds is 5. The van der Waals surface area contributed by atoms with Crippen LogP contribution in [0.15, 0.2) is 0 Å². The van der Waals surface area contributed by atoms with Crippen LogP contribution in [-0.4, -0.2) is 49.5 Å². The van der Waals surface area contributed by atoms with Crippen molar-refractivity contribution in [2.45, 2.75) is 37.4 Å². The molecule has 0 aromatic heterocycles. The molecular weight excluding hydrogens is 208 g/mol. The second-order valence-electron chi connectivity index (χ2n) is 4.73. The summed E-state index contributed by atoms with van der Waals surface area (Å²) in [6.07, 6.45) is 3.22. The highest BCUT2D eigenvalue weighted by Gasteiger charge is 2.42. The molecule has 16 heavy (non-hydrogen) atoms. The zero-order valence-electron chi connectivity index (χ0n) is 9.61. The quantitative estimate of drug-likeness (QED) is 0.579. The average Bonchev–Trinajstić information content (AvgIpc) is 2.89. The van der Waals surface area contributed by atoms with Crippen LogP contribution in [0, 0.1) is 5.92 Å². The molecule has 2 bridgehead atoms. The second kappa shape index (κ2) is 5.12. The van der Waals surface area contributed by atoms with Crippen molar-refractivity contribution in [1.29, 1.82) is 0 Å². The lowest BCUT2D eigenvalue weighted by Crippen LogP contribution is -2.46. The lowest BCUT2D eigenvalue weighted by molar-refractivity contribution is -0.127. The Morgan fingerprint density at radius 1 is 1.62 bits per heavy atom. The molecule has 4 atom stereocenters. The maximum Gasteiger partial charge on any atom is 0.225 e. The Morgan fingerprint density at radius 3 is 2.94 bits per heavy atom. The zero-order chi connectivity index (χ0) is 11.5. The van der Waals surface area contributed by atoms with Gasteiger partial charge < -0.3 is 20.5 Å². The van der Waals surface area contributed by atoms with Gasteiger partial charge in [-0.1, -0.05) is 0 Å². The van der Waals surface area contributed by atoms with Crippen LogP contribution in [0.1, 0.15) is 19.3 Å². The molecule has 2 aliphatic rings. The maximum atomic E-state index is 12.0. The summed E-state index contributed by atoms with van der Waals surface area (Å²) in [6, 6.07) is 0.583. The first-order valence-corrected chi connectivity index (χ1v) is 5.90. The number of hydrogen-bond donors (Lipinski definition) is 3. The topological polar surface area (TPSA) is 70.6 Å². The molecule has 1 amide bonds. The van der Waals surface area contributed by atoms with Crippen LogP contribution in [0.25, 0.3) is 0 Å². The van der Waals surface area contributed by atoms with Crippen LogP contribution in [-0.2, 0) is 9.53 Å². The van der Waals surface area contributed by atoms with Gasteiger partial charge in [0.05, 0.1) is 25.2 Å². The average molecular weight is 228 g/mol. The highest BCUT2D eigenvalue weighted by atomic mass is 16.5. The molecule has 0 spiro atoms. The molecule has 2 saturated heterocycles. The van der Waals surface area contributed by atoms with Crippen LogP contribution >= 0.6 is 0 Å². The third kappa shape index (κ3) is 2.36. The first kappa shape index (κ1) is 11.8. The van der Waals surface area contributed by atoms with Gasteiger partial charge in [-0.15, -0.1) is 0 Å². The van der Waals surface area contributed by atoms with Gasteiger partial charge in [0.1, 0.15) is 0 Å². The molecule has 5 heteroatoms. The molecule has 92 valence electrons. The van der Waals surface area contributed by atoms with Crippen molar-refractivity contribution in [2.75, 3.05) is 20.3 Å². The second-order valence-corrected chi connectivity index (χ2v) is 4.73. The number of fused-ring (bicyclic) bond motifs is 2. The van der Waals surface area contributed by atoms with Gasteiger partial charge in [-0.05, 0) is 19.3 Å². The van der Waals surface area contributed by atoms with Gasteiger partial charge in [0.2, 0.25) is 5.91 Å². The fourth-order valence-corrected chi connectivity index (χ4v) is 2.76. The molecule has 5 nitrogen and oxygen atoms in total. The number of ether oxygens (including phenoxy) is 1. The lowest BCUT2D eigenvalue weighted by Gasteiger charge is -2.22. The highest BCUT2D eigenvalue weighted by Crippen LogP contribution is 2.33. The van der Waals surface area contributed by atoms with Crippen LogP contribution < -0.4 is 10.6 Å². The van der Waals surface area contributed by atoms with Crippen molar-refractivity contribution < 1.29 is 14.6 Å². The van der Waals surface area contributed by atoms with E-state index in [0.717, 1.165) is 12.8 Å². The number of amides is 1. The predicted molar refractivity (Wildman–Crippen MR) is 58.9 cm³/mol. The minimum atomic E-state index is -0.281. The molecule has 3 N–H and O–H groups in total. The normalized spacial score (nSPS) is 34.0. The summed E-state index contributed by atoms with van der Waals surface area (Å²) in [4.78, 5) is 12.0. The van der Waals surface area contributed by atoms with Gasteiger partial charge in [-0.3, -0.25) is 4.79 Å². The Balaban J connectivity index is 1.83. The van der Waals surface area contributed by atoms with E-state index in [2.05, 4.69) is 10.6 Å².